The maximum Gasteiger partial charge on any atom is 0.306 e. The number of hydrogen-bond acceptors (Lipinski definition) is 2. The summed E-state index contributed by atoms with van der Waals surface area (Å²) >= 11 is 0. The van der Waals surface area contributed by atoms with Gasteiger partial charge in [0.05, 0.1) is 11.4 Å². The molecule has 1 aromatic heterocycles. The van der Waals surface area contributed by atoms with Gasteiger partial charge in [0.25, 0.3) is 0 Å². The van der Waals surface area contributed by atoms with Gasteiger partial charge in [0, 0.05) is 35.9 Å². The number of hydrogen-bond donors (Lipinski definition) is 1. The van der Waals surface area contributed by atoms with Crippen molar-refractivity contribution >= 4 is 16.9 Å². The average Bonchev–Trinajstić information content (AvgIpc) is 3.15. The molecule has 1 N–H and O–H groups in total. The summed E-state index contributed by atoms with van der Waals surface area (Å²) in [5, 5.41) is 10.4. The topological polar surface area (TPSA) is 51.5 Å². The summed E-state index contributed by atoms with van der Waals surface area (Å²) in [6.45, 7) is 3.11. The third-order valence-corrected chi connectivity index (χ3v) is 7.50. The number of aromatic nitrogens is 1. The summed E-state index contributed by atoms with van der Waals surface area (Å²) in [5.74, 6) is -1.15. The Kier molecular flexibility index (Phi) is 5.95. The summed E-state index contributed by atoms with van der Waals surface area (Å²) < 4.78 is 36.4. The van der Waals surface area contributed by atoms with Crippen LogP contribution in [0.4, 0.5) is 8.78 Å². The van der Waals surface area contributed by atoms with Crippen molar-refractivity contribution in [3.05, 3.63) is 64.9 Å². The predicted octanol–water partition coefficient (Wildman–Crippen LogP) is 6.47. The Morgan fingerprint density at radius 1 is 0.970 bits per heavy atom. The fourth-order valence-corrected chi connectivity index (χ4v) is 5.78. The molecule has 0 spiro atoms. The fourth-order valence-electron chi connectivity index (χ4n) is 5.78. The smallest absolute Gasteiger partial charge is 0.306 e. The lowest BCUT2D eigenvalue weighted by Gasteiger charge is -2.31. The number of halogens is 2. The molecule has 1 aliphatic carbocycles. The van der Waals surface area contributed by atoms with Crippen LogP contribution >= 0.6 is 0 Å². The number of fused-ring (bicyclic) bond motifs is 1. The Balaban J connectivity index is 1.73. The zero-order valence-electron chi connectivity index (χ0n) is 18.8. The van der Waals surface area contributed by atoms with Crippen LogP contribution in [0.25, 0.3) is 16.6 Å². The minimum absolute atomic E-state index is 0.172. The van der Waals surface area contributed by atoms with Gasteiger partial charge in [-0.15, -0.1) is 0 Å². The molecule has 4 nitrogen and oxygen atoms in total. The average molecular weight is 454 g/mol. The van der Waals surface area contributed by atoms with Crippen molar-refractivity contribution in [3.63, 3.8) is 0 Å². The van der Waals surface area contributed by atoms with Crippen LogP contribution in [0.2, 0.25) is 0 Å². The van der Waals surface area contributed by atoms with E-state index in [1.54, 1.807) is 19.1 Å². The Morgan fingerprint density at radius 2 is 1.70 bits per heavy atom. The molecule has 2 aromatic carbocycles. The summed E-state index contributed by atoms with van der Waals surface area (Å²) in [5.41, 5.74) is 4.65. The van der Waals surface area contributed by atoms with Crippen LogP contribution < -0.4 is 0 Å². The molecule has 6 heteroatoms. The molecule has 0 radical (unpaired) electrons. The molecule has 1 aliphatic heterocycles. The van der Waals surface area contributed by atoms with E-state index in [9.17, 15) is 18.7 Å². The number of nitrogens with zero attached hydrogens (tertiary/aromatic N) is 1. The zero-order chi connectivity index (χ0) is 23.1. The second-order valence-corrected chi connectivity index (χ2v) is 9.50. The summed E-state index contributed by atoms with van der Waals surface area (Å²) in [7, 11) is 0. The fraction of sp³-hybridized carbons (Fsp3) is 0.444. The molecule has 1 saturated carbocycles. The van der Waals surface area contributed by atoms with Crippen molar-refractivity contribution in [1.82, 2.24) is 4.57 Å². The van der Waals surface area contributed by atoms with E-state index in [0.717, 1.165) is 53.5 Å². The van der Waals surface area contributed by atoms with Crippen LogP contribution in [-0.4, -0.2) is 28.9 Å². The molecule has 1 saturated heterocycles. The number of aryl methyl sites for hydroxylation is 1. The van der Waals surface area contributed by atoms with Gasteiger partial charge in [-0.3, -0.25) is 4.79 Å². The standard InChI is InChI=1S/C27H29F2NO3/c1-16-14-21(7-8-23(16)29)30-24-9-6-20(28)15-22(24)25(26(30)18-10-12-33-13-11-18)17-2-4-19(5-3-17)27(31)32/h6-9,14-15,17-19H,2-5,10-13H2,1H3,(H,31,32). The second kappa shape index (κ2) is 8.90. The molecule has 2 aliphatic rings. The molecule has 0 bridgehead atoms. The number of carbonyl (C=O) groups is 1. The third-order valence-electron chi connectivity index (χ3n) is 7.50. The molecule has 0 unspecified atom stereocenters. The third kappa shape index (κ3) is 4.05. The monoisotopic (exact) mass is 453 g/mol. The Hall–Kier alpha value is -2.73. The number of carboxylic acids is 1. The van der Waals surface area contributed by atoms with Crippen molar-refractivity contribution in [2.45, 2.75) is 57.3 Å². The molecule has 5 rings (SSSR count). The van der Waals surface area contributed by atoms with Crippen LogP contribution in [0.5, 0.6) is 0 Å². The van der Waals surface area contributed by atoms with Gasteiger partial charge in [0.2, 0.25) is 0 Å². The molecule has 0 amide bonds. The van der Waals surface area contributed by atoms with E-state index in [2.05, 4.69) is 4.57 Å². The SMILES string of the molecule is Cc1cc(-n2c(C3CCOCC3)c(C3CCC(C(=O)O)CC3)c3cc(F)ccc32)ccc1F. The zero-order valence-corrected chi connectivity index (χ0v) is 18.8. The first-order valence-electron chi connectivity index (χ1n) is 11.8. The van der Waals surface area contributed by atoms with Gasteiger partial charge in [-0.25, -0.2) is 8.78 Å². The van der Waals surface area contributed by atoms with Crippen LogP contribution in [0, 0.1) is 24.5 Å². The van der Waals surface area contributed by atoms with Gasteiger partial charge >= 0.3 is 5.97 Å². The van der Waals surface area contributed by atoms with Crippen molar-refractivity contribution in [2.24, 2.45) is 5.92 Å². The first kappa shape index (κ1) is 22.1. The van der Waals surface area contributed by atoms with E-state index in [0.29, 0.717) is 31.6 Å². The maximum absolute atomic E-state index is 14.5. The number of ether oxygens (including phenoxy) is 1. The van der Waals surface area contributed by atoms with Gasteiger partial charge < -0.3 is 14.4 Å². The van der Waals surface area contributed by atoms with E-state index in [-0.39, 0.29) is 29.4 Å². The van der Waals surface area contributed by atoms with Crippen LogP contribution in [0.15, 0.2) is 36.4 Å². The highest BCUT2D eigenvalue weighted by molar-refractivity contribution is 5.88. The summed E-state index contributed by atoms with van der Waals surface area (Å²) in [6, 6.07) is 10.0. The van der Waals surface area contributed by atoms with Crippen molar-refractivity contribution < 1.29 is 23.4 Å². The lowest BCUT2D eigenvalue weighted by molar-refractivity contribution is -0.142. The van der Waals surface area contributed by atoms with Crippen molar-refractivity contribution in [3.8, 4) is 5.69 Å². The maximum atomic E-state index is 14.5. The summed E-state index contributed by atoms with van der Waals surface area (Å²) in [4.78, 5) is 11.5. The summed E-state index contributed by atoms with van der Waals surface area (Å²) in [6.07, 6.45) is 4.54. The van der Waals surface area contributed by atoms with E-state index >= 15 is 0 Å². The molecule has 0 atom stereocenters. The molecular formula is C27H29F2NO3. The van der Waals surface area contributed by atoms with Gasteiger partial charge in [0.1, 0.15) is 11.6 Å². The van der Waals surface area contributed by atoms with E-state index in [1.165, 1.54) is 12.1 Å². The van der Waals surface area contributed by atoms with Crippen molar-refractivity contribution in [2.75, 3.05) is 13.2 Å². The number of benzene rings is 2. The number of rotatable bonds is 4. The van der Waals surface area contributed by atoms with E-state index in [1.807, 2.05) is 12.1 Å². The minimum atomic E-state index is -0.728. The number of carboxylic acid groups (broad SMARTS) is 1. The quantitative estimate of drug-likeness (QED) is 0.493. The van der Waals surface area contributed by atoms with Gasteiger partial charge in [-0.05, 0) is 98.9 Å². The molecule has 174 valence electrons. The second-order valence-electron chi connectivity index (χ2n) is 9.50. The normalized spacial score (nSPS) is 22.0. The first-order chi connectivity index (χ1) is 15.9. The van der Waals surface area contributed by atoms with Crippen LogP contribution in [0.1, 0.15) is 67.2 Å². The van der Waals surface area contributed by atoms with Crippen LogP contribution in [0.3, 0.4) is 0 Å². The highest BCUT2D eigenvalue weighted by Crippen LogP contribution is 2.46. The highest BCUT2D eigenvalue weighted by Gasteiger charge is 2.34. The van der Waals surface area contributed by atoms with E-state index < -0.39 is 5.97 Å². The largest absolute Gasteiger partial charge is 0.481 e. The lowest BCUT2D eigenvalue weighted by Crippen LogP contribution is -2.23. The van der Waals surface area contributed by atoms with Crippen LogP contribution in [-0.2, 0) is 9.53 Å². The lowest BCUT2D eigenvalue weighted by atomic mass is 9.76. The molecule has 2 heterocycles. The minimum Gasteiger partial charge on any atom is -0.481 e. The molecule has 33 heavy (non-hydrogen) atoms. The predicted molar refractivity (Wildman–Crippen MR) is 123 cm³/mol. The van der Waals surface area contributed by atoms with Gasteiger partial charge in [-0.1, -0.05) is 0 Å². The van der Waals surface area contributed by atoms with Crippen molar-refractivity contribution in [1.29, 1.82) is 0 Å². The molecule has 3 aromatic rings. The van der Waals surface area contributed by atoms with Gasteiger partial charge in [0.15, 0.2) is 0 Å². The highest BCUT2D eigenvalue weighted by atomic mass is 19.1. The Labute approximate surface area is 192 Å². The van der Waals surface area contributed by atoms with E-state index in [4.69, 9.17) is 4.74 Å². The first-order valence-corrected chi connectivity index (χ1v) is 11.8. The Morgan fingerprint density at radius 3 is 2.36 bits per heavy atom. The molecule has 2 fully saturated rings. The number of aliphatic carboxylic acids is 1. The Bertz CT molecular complexity index is 1190. The van der Waals surface area contributed by atoms with Gasteiger partial charge in [-0.2, -0.15) is 0 Å². The molecular weight excluding hydrogens is 424 g/mol.